The number of amides is 2. The minimum Gasteiger partial charge on any atom is -0.480 e. The Kier molecular flexibility index (Phi) is 4.38. The molecule has 0 aromatic heterocycles. The third-order valence-electron chi connectivity index (χ3n) is 3.83. The van der Waals surface area contributed by atoms with Gasteiger partial charge in [0.05, 0.1) is 4.91 Å². The lowest BCUT2D eigenvalue weighted by Gasteiger charge is -2.17. The number of carbonyl (C=O) groups excluding carboxylic acids is 2. The highest BCUT2D eigenvalue weighted by Gasteiger charge is 2.36. The van der Waals surface area contributed by atoms with E-state index in [9.17, 15) is 14.4 Å². The molecule has 120 valence electrons. The number of carboxylic acids is 1. The van der Waals surface area contributed by atoms with E-state index in [-0.39, 0.29) is 4.91 Å². The van der Waals surface area contributed by atoms with Gasteiger partial charge in [-0.1, -0.05) is 12.1 Å². The largest absolute Gasteiger partial charge is 0.480 e. The molecule has 2 saturated heterocycles. The summed E-state index contributed by atoms with van der Waals surface area (Å²) < 4.78 is 0. The minimum atomic E-state index is -1.21. The van der Waals surface area contributed by atoms with Crippen LogP contribution in [-0.2, 0) is 9.59 Å². The quantitative estimate of drug-likeness (QED) is 0.853. The normalized spacial score (nSPS) is 19.9. The van der Waals surface area contributed by atoms with Crippen LogP contribution in [0.2, 0.25) is 0 Å². The summed E-state index contributed by atoms with van der Waals surface area (Å²) in [6, 6.07) is 7.80. The van der Waals surface area contributed by atoms with Crippen LogP contribution in [0.4, 0.5) is 10.5 Å². The maximum absolute atomic E-state index is 12.1. The number of thioether (sulfide) groups is 1. The first-order valence-corrected chi connectivity index (χ1v) is 8.18. The Hall–Kier alpha value is -2.28. The van der Waals surface area contributed by atoms with E-state index in [0.29, 0.717) is 0 Å². The van der Waals surface area contributed by atoms with Crippen LogP contribution in [0.25, 0.3) is 6.08 Å². The van der Waals surface area contributed by atoms with Crippen LogP contribution in [0.1, 0.15) is 18.4 Å². The summed E-state index contributed by atoms with van der Waals surface area (Å²) in [5, 5.41) is 8.20. The van der Waals surface area contributed by atoms with Crippen molar-refractivity contribution in [1.29, 1.82) is 0 Å². The van der Waals surface area contributed by atoms with Gasteiger partial charge in [-0.3, -0.25) is 19.3 Å². The van der Waals surface area contributed by atoms with Crippen LogP contribution in [0.3, 0.4) is 0 Å². The average Bonchev–Trinajstić information content (AvgIpc) is 3.13. The molecule has 0 saturated carbocycles. The van der Waals surface area contributed by atoms with Crippen molar-refractivity contribution >= 4 is 40.6 Å². The molecule has 3 rings (SSSR count). The molecule has 1 aromatic carbocycles. The van der Waals surface area contributed by atoms with Gasteiger partial charge in [0.1, 0.15) is 6.54 Å². The molecule has 0 aliphatic carbocycles. The number of hydrogen-bond acceptors (Lipinski definition) is 5. The van der Waals surface area contributed by atoms with Gasteiger partial charge in [-0.15, -0.1) is 0 Å². The minimum absolute atomic E-state index is 0.255. The second kappa shape index (κ2) is 6.45. The molecule has 2 heterocycles. The zero-order chi connectivity index (χ0) is 16.4. The molecular formula is C16H16N2O4S. The van der Waals surface area contributed by atoms with E-state index < -0.39 is 23.7 Å². The van der Waals surface area contributed by atoms with Crippen molar-refractivity contribution in [1.82, 2.24) is 4.90 Å². The number of benzene rings is 1. The summed E-state index contributed by atoms with van der Waals surface area (Å²) in [5.74, 6) is -1.76. The Morgan fingerprint density at radius 3 is 2.43 bits per heavy atom. The lowest BCUT2D eigenvalue weighted by atomic mass is 10.2. The first kappa shape index (κ1) is 15.6. The molecule has 7 heteroatoms. The number of rotatable bonds is 4. The molecule has 1 N–H and O–H groups in total. The number of nitrogens with zero attached hydrogens (tertiary/aromatic N) is 2. The summed E-state index contributed by atoms with van der Waals surface area (Å²) in [5.41, 5.74) is 1.97. The lowest BCUT2D eigenvalue weighted by Crippen LogP contribution is -2.33. The number of imide groups is 1. The van der Waals surface area contributed by atoms with E-state index in [1.807, 2.05) is 24.3 Å². The molecule has 0 spiro atoms. The lowest BCUT2D eigenvalue weighted by molar-refractivity contribution is -0.140. The van der Waals surface area contributed by atoms with Crippen molar-refractivity contribution in [2.45, 2.75) is 12.8 Å². The molecule has 2 aliphatic heterocycles. The zero-order valence-electron chi connectivity index (χ0n) is 12.4. The van der Waals surface area contributed by atoms with Gasteiger partial charge in [0, 0.05) is 18.8 Å². The fraction of sp³-hybridized carbons (Fsp3) is 0.312. The number of hydrogen-bond donors (Lipinski definition) is 1. The number of carboxylic acid groups (broad SMARTS) is 1. The Balaban J connectivity index is 1.75. The van der Waals surface area contributed by atoms with E-state index in [4.69, 9.17) is 5.11 Å². The fourth-order valence-electron chi connectivity index (χ4n) is 2.68. The number of aliphatic carboxylic acids is 1. The Bertz CT molecular complexity index is 678. The number of carbonyl (C=O) groups is 3. The maximum atomic E-state index is 12.1. The van der Waals surface area contributed by atoms with E-state index in [2.05, 4.69) is 4.90 Å². The van der Waals surface area contributed by atoms with Crippen molar-refractivity contribution in [3.63, 3.8) is 0 Å². The highest BCUT2D eigenvalue weighted by atomic mass is 32.2. The van der Waals surface area contributed by atoms with Crippen LogP contribution >= 0.6 is 11.8 Å². The summed E-state index contributed by atoms with van der Waals surface area (Å²) in [6.07, 6.45) is 4.04. The van der Waals surface area contributed by atoms with E-state index in [1.165, 1.54) is 12.8 Å². The average molecular weight is 332 g/mol. The van der Waals surface area contributed by atoms with Crippen LogP contribution in [0.15, 0.2) is 29.2 Å². The van der Waals surface area contributed by atoms with Gasteiger partial charge >= 0.3 is 5.97 Å². The van der Waals surface area contributed by atoms with Crippen molar-refractivity contribution < 1.29 is 19.5 Å². The third kappa shape index (κ3) is 3.39. The molecule has 0 bridgehead atoms. The van der Waals surface area contributed by atoms with Gasteiger partial charge in [0.25, 0.3) is 11.1 Å². The van der Waals surface area contributed by atoms with E-state index >= 15 is 0 Å². The molecule has 23 heavy (non-hydrogen) atoms. The fourth-order valence-corrected chi connectivity index (χ4v) is 3.52. The molecule has 2 aliphatic rings. The first-order chi connectivity index (χ1) is 11.0. The van der Waals surface area contributed by atoms with Crippen molar-refractivity contribution in [3.05, 3.63) is 34.7 Å². The van der Waals surface area contributed by atoms with Crippen LogP contribution in [-0.4, -0.2) is 46.8 Å². The Morgan fingerprint density at radius 1 is 1.17 bits per heavy atom. The van der Waals surface area contributed by atoms with Crippen LogP contribution < -0.4 is 4.90 Å². The molecule has 0 atom stereocenters. The number of anilines is 1. The summed E-state index contributed by atoms with van der Waals surface area (Å²) in [4.78, 5) is 37.8. The van der Waals surface area contributed by atoms with Gasteiger partial charge in [-0.25, -0.2) is 0 Å². The Morgan fingerprint density at radius 2 is 1.83 bits per heavy atom. The summed E-state index contributed by atoms with van der Waals surface area (Å²) in [7, 11) is 0. The molecule has 0 radical (unpaired) electrons. The zero-order valence-corrected chi connectivity index (χ0v) is 13.2. The molecule has 2 amide bonds. The molecule has 6 nitrogen and oxygen atoms in total. The standard InChI is InChI=1S/C16H16N2O4S/c19-14(20)10-18-15(21)13(23-16(18)22)9-11-3-5-12(6-4-11)17-7-1-2-8-17/h3-6,9H,1-2,7-8,10H2,(H,19,20). The SMILES string of the molecule is O=C(O)CN1C(=O)SC(=Cc2ccc(N3CCCC3)cc2)C1=O. The molecule has 1 aromatic rings. The third-order valence-corrected chi connectivity index (χ3v) is 4.74. The van der Waals surface area contributed by atoms with Crippen molar-refractivity contribution in [3.8, 4) is 0 Å². The van der Waals surface area contributed by atoms with Gasteiger partial charge in [0.2, 0.25) is 0 Å². The molecular weight excluding hydrogens is 316 g/mol. The Labute approximate surface area is 137 Å². The second-order valence-corrected chi connectivity index (χ2v) is 6.44. The monoisotopic (exact) mass is 332 g/mol. The van der Waals surface area contributed by atoms with Gasteiger partial charge < -0.3 is 10.0 Å². The highest BCUT2D eigenvalue weighted by molar-refractivity contribution is 8.18. The van der Waals surface area contributed by atoms with Gasteiger partial charge in [-0.2, -0.15) is 0 Å². The predicted molar refractivity (Wildman–Crippen MR) is 88.2 cm³/mol. The van der Waals surface area contributed by atoms with Gasteiger partial charge in [-0.05, 0) is 48.4 Å². The van der Waals surface area contributed by atoms with Crippen molar-refractivity contribution in [2.75, 3.05) is 24.5 Å². The summed E-state index contributed by atoms with van der Waals surface area (Å²) >= 11 is 0.773. The maximum Gasteiger partial charge on any atom is 0.323 e. The molecule has 0 unspecified atom stereocenters. The van der Waals surface area contributed by atoms with Crippen LogP contribution in [0.5, 0.6) is 0 Å². The molecule has 2 fully saturated rings. The van der Waals surface area contributed by atoms with E-state index in [1.54, 1.807) is 6.08 Å². The topological polar surface area (TPSA) is 77.9 Å². The summed E-state index contributed by atoms with van der Waals surface area (Å²) in [6.45, 7) is 1.52. The van der Waals surface area contributed by atoms with Crippen molar-refractivity contribution in [2.24, 2.45) is 0 Å². The smallest absolute Gasteiger partial charge is 0.323 e. The first-order valence-electron chi connectivity index (χ1n) is 7.37. The predicted octanol–water partition coefficient (Wildman–Crippen LogP) is 2.41. The van der Waals surface area contributed by atoms with E-state index in [0.717, 1.165) is 41.0 Å². The highest BCUT2D eigenvalue weighted by Crippen LogP contribution is 2.32. The second-order valence-electron chi connectivity index (χ2n) is 5.45. The van der Waals surface area contributed by atoms with Crippen LogP contribution in [0, 0.1) is 0 Å². The van der Waals surface area contributed by atoms with Gasteiger partial charge in [0.15, 0.2) is 0 Å².